The van der Waals surface area contributed by atoms with Crippen molar-refractivity contribution in [1.82, 2.24) is 10.0 Å². The number of fused-ring (bicyclic) bond motifs is 1. The fourth-order valence-electron chi connectivity index (χ4n) is 1.39. The largest absolute Gasteiger partial charge is 0.477 e. The Morgan fingerprint density at radius 3 is 2.86 bits per heavy atom. The molecule has 0 aliphatic carbocycles. The van der Waals surface area contributed by atoms with Crippen molar-refractivity contribution in [2.24, 2.45) is 0 Å². The molecule has 4 heteroatoms. The Labute approximate surface area is 81.7 Å². The number of carboxylic acid groups (broad SMARTS) is 1. The maximum absolute atomic E-state index is 10.9. The molecule has 0 aromatic rings. The maximum Gasteiger partial charge on any atom is 0.354 e. The van der Waals surface area contributed by atoms with E-state index in [0.717, 1.165) is 0 Å². The normalized spacial score (nSPS) is 19.0. The van der Waals surface area contributed by atoms with E-state index in [9.17, 15) is 4.79 Å². The molecule has 0 saturated heterocycles. The molecule has 0 aromatic heterocycles. The van der Waals surface area contributed by atoms with E-state index in [1.54, 1.807) is 22.2 Å². The van der Waals surface area contributed by atoms with Crippen molar-refractivity contribution >= 4 is 5.97 Å². The van der Waals surface area contributed by atoms with Crippen LogP contribution in [0.5, 0.6) is 0 Å². The van der Waals surface area contributed by atoms with Crippen LogP contribution in [0.1, 0.15) is 0 Å². The fraction of sp³-hybridized carbons (Fsp3) is 0.100. The van der Waals surface area contributed by atoms with E-state index in [1.165, 1.54) is 0 Å². The molecular formula is C10H10N2O2. The predicted molar refractivity (Wildman–Crippen MR) is 51.7 cm³/mol. The SMILES string of the molecule is O=C(O)C1=CC=CN2C=CC=CCN12. The summed E-state index contributed by atoms with van der Waals surface area (Å²) in [6.45, 7) is 0.565. The average molecular weight is 190 g/mol. The number of hydrogen-bond acceptors (Lipinski definition) is 3. The second-order valence-corrected chi connectivity index (χ2v) is 2.93. The van der Waals surface area contributed by atoms with Gasteiger partial charge in [-0.3, -0.25) is 10.0 Å². The van der Waals surface area contributed by atoms with Crippen molar-refractivity contribution in [1.29, 1.82) is 0 Å². The van der Waals surface area contributed by atoms with E-state index in [4.69, 9.17) is 5.11 Å². The first-order chi connectivity index (χ1) is 6.79. The van der Waals surface area contributed by atoms with Crippen LogP contribution in [0, 0.1) is 0 Å². The predicted octanol–water partition coefficient (Wildman–Crippen LogP) is 1.08. The van der Waals surface area contributed by atoms with E-state index in [2.05, 4.69) is 0 Å². The van der Waals surface area contributed by atoms with Crippen molar-refractivity contribution < 1.29 is 9.90 Å². The third-order valence-electron chi connectivity index (χ3n) is 2.03. The lowest BCUT2D eigenvalue weighted by molar-refractivity contribution is -0.136. The second kappa shape index (κ2) is 3.41. The van der Waals surface area contributed by atoms with Gasteiger partial charge in [-0.15, -0.1) is 0 Å². The van der Waals surface area contributed by atoms with Gasteiger partial charge in [0.25, 0.3) is 0 Å². The number of nitrogens with zero attached hydrogens (tertiary/aromatic N) is 2. The third-order valence-corrected chi connectivity index (χ3v) is 2.03. The number of aliphatic carboxylic acids is 1. The number of hydrazine groups is 1. The van der Waals surface area contributed by atoms with E-state index < -0.39 is 5.97 Å². The van der Waals surface area contributed by atoms with Gasteiger partial charge in [0.15, 0.2) is 0 Å². The summed E-state index contributed by atoms with van der Waals surface area (Å²) in [5.74, 6) is -0.914. The summed E-state index contributed by atoms with van der Waals surface area (Å²) in [5, 5.41) is 12.4. The first-order valence-corrected chi connectivity index (χ1v) is 4.30. The van der Waals surface area contributed by atoms with Gasteiger partial charge in [-0.1, -0.05) is 12.2 Å². The molecule has 0 saturated carbocycles. The lowest BCUT2D eigenvalue weighted by atomic mass is 10.3. The maximum atomic E-state index is 10.9. The van der Waals surface area contributed by atoms with Crippen LogP contribution in [0.4, 0.5) is 0 Å². The first-order valence-electron chi connectivity index (χ1n) is 4.30. The highest BCUT2D eigenvalue weighted by Crippen LogP contribution is 2.17. The summed E-state index contributed by atoms with van der Waals surface area (Å²) >= 11 is 0. The summed E-state index contributed by atoms with van der Waals surface area (Å²) in [4.78, 5) is 10.9. The molecule has 2 rings (SSSR count). The zero-order chi connectivity index (χ0) is 9.97. The minimum absolute atomic E-state index is 0.281. The van der Waals surface area contributed by atoms with Gasteiger partial charge in [0.2, 0.25) is 0 Å². The van der Waals surface area contributed by atoms with Crippen LogP contribution >= 0.6 is 0 Å². The molecular weight excluding hydrogens is 180 g/mol. The van der Waals surface area contributed by atoms with Crippen molar-refractivity contribution in [3.8, 4) is 0 Å². The standard InChI is InChI=1S/C10H10N2O2/c13-10(14)9-5-4-7-11-6-2-1-3-8-12(9)11/h1-7H,8H2,(H,13,14). The summed E-state index contributed by atoms with van der Waals surface area (Å²) in [7, 11) is 0. The fourth-order valence-corrected chi connectivity index (χ4v) is 1.39. The van der Waals surface area contributed by atoms with E-state index in [-0.39, 0.29) is 5.70 Å². The summed E-state index contributed by atoms with van der Waals surface area (Å²) in [6, 6.07) is 0. The summed E-state index contributed by atoms with van der Waals surface area (Å²) < 4.78 is 0. The molecule has 4 nitrogen and oxygen atoms in total. The molecule has 0 radical (unpaired) electrons. The average Bonchev–Trinajstić information content (AvgIpc) is 2.41. The van der Waals surface area contributed by atoms with Gasteiger partial charge in [-0.05, 0) is 18.2 Å². The van der Waals surface area contributed by atoms with E-state index in [1.807, 2.05) is 30.6 Å². The zero-order valence-corrected chi connectivity index (χ0v) is 7.50. The molecule has 2 aliphatic heterocycles. The van der Waals surface area contributed by atoms with Crippen molar-refractivity contribution in [3.63, 3.8) is 0 Å². The van der Waals surface area contributed by atoms with Crippen LogP contribution in [-0.2, 0) is 4.79 Å². The molecule has 0 bridgehead atoms. The van der Waals surface area contributed by atoms with E-state index >= 15 is 0 Å². The lowest BCUT2D eigenvalue weighted by Crippen LogP contribution is -2.38. The monoisotopic (exact) mass is 190 g/mol. The molecule has 2 aliphatic rings. The Morgan fingerprint density at radius 1 is 1.29 bits per heavy atom. The summed E-state index contributed by atoms with van der Waals surface area (Å²) in [5.41, 5.74) is 0.281. The van der Waals surface area contributed by atoms with Crippen LogP contribution in [0.3, 0.4) is 0 Å². The Balaban J connectivity index is 2.32. The molecule has 14 heavy (non-hydrogen) atoms. The van der Waals surface area contributed by atoms with Crippen LogP contribution in [0.25, 0.3) is 0 Å². The van der Waals surface area contributed by atoms with Crippen molar-refractivity contribution in [2.45, 2.75) is 0 Å². The molecule has 0 fully saturated rings. The second-order valence-electron chi connectivity index (χ2n) is 2.93. The minimum atomic E-state index is -0.914. The van der Waals surface area contributed by atoms with Gasteiger partial charge >= 0.3 is 5.97 Å². The first kappa shape index (κ1) is 8.62. The third kappa shape index (κ3) is 1.42. The minimum Gasteiger partial charge on any atom is -0.477 e. The van der Waals surface area contributed by atoms with Crippen molar-refractivity contribution in [3.05, 3.63) is 48.5 Å². The Morgan fingerprint density at radius 2 is 2.07 bits per heavy atom. The smallest absolute Gasteiger partial charge is 0.354 e. The lowest BCUT2D eigenvalue weighted by Gasteiger charge is -2.33. The number of allylic oxidation sites excluding steroid dienone is 4. The number of carboxylic acids is 1. The Hall–Kier alpha value is -1.97. The highest BCUT2D eigenvalue weighted by Gasteiger charge is 2.21. The quantitative estimate of drug-likeness (QED) is 0.672. The Kier molecular flexibility index (Phi) is 2.10. The topological polar surface area (TPSA) is 43.8 Å². The molecule has 0 unspecified atom stereocenters. The zero-order valence-electron chi connectivity index (χ0n) is 7.50. The van der Waals surface area contributed by atoms with Gasteiger partial charge in [0.1, 0.15) is 5.70 Å². The molecule has 0 spiro atoms. The van der Waals surface area contributed by atoms with E-state index in [0.29, 0.717) is 6.54 Å². The molecule has 0 amide bonds. The van der Waals surface area contributed by atoms with Crippen LogP contribution in [0.15, 0.2) is 48.5 Å². The molecule has 0 aromatic carbocycles. The molecule has 1 N–H and O–H groups in total. The highest BCUT2D eigenvalue weighted by molar-refractivity contribution is 5.86. The van der Waals surface area contributed by atoms with Gasteiger partial charge in [-0.25, -0.2) is 4.79 Å². The summed E-state index contributed by atoms with van der Waals surface area (Å²) in [6.07, 6.45) is 12.6. The molecule has 72 valence electrons. The van der Waals surface area contributed by atoms with Crippen LogP contribution in [0.2, 0.25) is 0 Å². The van der Waals surface area contributed by atoms with Gasteiger partial charge in [-0.2, -0.15) is 0 Å². The highest BCUT2D eigenvalue weighted by atomic mass is 16.4. The van der Waals surface area contributed by atoms with Gasteiger partial charge < -0.3 is 5.11 Å². The Bertz CT molecular complexity index is 366. The van der Waals surface area contributed by atoms with Gasteiger partial charge in [0, 0.05) is 12.4 Å². The van der Waals surface area contributed by atoms with Crippen LogP contribution < -0.4 is 0 Å². The van der Waals surface area contributed by atoms with Crippen LogP contribution in [-0.4, -0.2) is 27.6 Å². The molecule has 0 atom stereocenters. The number of hydrogen-bond donors (Lipinski definition) is 1. The van der Waals surface area contributed by atoms with Gasteiger partial charge in [0.05, 0.1) is 6.54 Å². The number of carbonyl (C=O) groups is 1. The molecule has 2 heterocycles. The van der Waals surface area contributed by atoms with Crippen molar-refractivity contribution in [2.75, 3.05) is 6.54 Å². The number of rotatable bonds is 1.